The molecule has 1 aliphatic rings. The zero-order valence-electron chi connectivity index (χ0n) is 8.65. The van der Waals surface area contributed by atoms with Crippen LogP contribution >= 0.6 is 0 Å². The summed E-state index contributed by atoms with van der Waals surface area (Å²) in [5, 5.41) is 0. The first-order chi connectivity index (χ1) is 6.61. The number of likely N-dealkylation sites (N-methyl/N-ethyl adjacent to an activating group) is 1. The zero-order valence-corrected chi connectivity index (χ0v) is 8.65. The monoisotopic (exact) mass is 201 g/mol. The molecule has 14 heavy (non-hydrogen) atoms. The summed E-state index contributed by atoms with van der Waals surface area (Å²) in [5.74, 6) is -1.29. The van der Waals surface area contributed by atoms with E-state index in [4.69, 9.17) is 4.74 Å². The molecule has 80 valence electrons. The molecule has 1 heterocycles. The smallest absolute Gasteiger partial charge is 0.318 e. The van der Waals surface area contributed by atoms with E-state index in [0.717, 1.165) is 0 Å². The molecule has 0 aromatic carbocycles. The molecule has 0 N–H and O–H groups in total. The molecule has 1 aliphatic heterocycles. The Morgan fingerprint density at radius 2 is 2.21 bits per heavy atom. The van der Waals surface area contributed by atoms with Gasteiger partial charge in [-0.25, -0.2) is 0 Å². The second-order valence-corrected chi connectivity index (χ2v) is 3.37. The van der Waals surface area contributed by atoms with E-state index in [-0.39, 0.29) is 11.9 Å². The van der Waals surface area contributed by atoms with Crippen LogP contribution in [0.25, 0.3) is 0 Å². The highest BCUT2D eigenvalue weighted by Crippen LogP contribution is 2.24. The molecule has 2 atom stereocenters. The molecule has 0 bridgehead atoms. The fraction of sp³-hybridized carbons (Fsp3) is 0.778. The highest BCUT2D eigenvalue weighted by atomic mass is 16.5. The summed E-state index contributed by atoms with van der Waals surface area (Å²) >= 11 is 0. The van der Waals surface area contributed by atoms with Crippen LogP contribution in [-0.4, -0.2) is 50.7 Å². The van der Waals surface area contributed by atoms with Gasteiger partial charge in [0.25, 0.3) is 0 Å². The molecule has 1 saturated heterocycles. The van der Waals surface area contributed by atoms with Gasteiger partial charge in [-0.05, 0) is 6.42 Å². The topological polar surface area (TPSA) is 55.8 Å². The summed E-state index contributed by atoms with van der Waals surface area (Å²) < 4.78 is 9.51. The standard InChI is InChI=1S/C9H15NO4/c1-10-6(5-13-2)4-7(8(10)11)9(12)14-3/h6-7H,4-5H2,1-3H3/t6-,7?/m0/s1. The third-order valence-corrected chi connectivity index (χ3v) is 2.55. The number of likely N-dealkylation sites (tertiary alicyclic amines) is 1. The molecule has 5 heteroatoms. The summed E-state index contributed by atoms with van der Waals surface area (Å²) in [6.07, 6.45) is 0.482. The van der Waals surface area contributed by atoms with Gasteiger partial charge in [0.2, 0.25) is 5.91 Å². The molecule has 1 rings (SSSR count). The Morgan fingerprint density at radius 3 is 2.71 bits per heavy atom. The molecule has 0 aromatic heterocycles. The minimum Gasteiger partial charge on any atom is -0.468 e. The Hall–Kier alpha value is -1.10. The maximum Gasteiger partial charge on any atom is 0.318 e. The quantitative estimate of drug-likeness (QED) is 0.462. The summed E-state index contributed by atoms with van der Waals surface area (Å²) in [6, 6.07) is -0.0170. The van der Waals surface area contributed by atoms with Crippen LogP contribution in [-0.2, 0) is 19.1 Å². The van der Waals surface area contributed by atoms with Gasteiger partial charge in [-0.15, -0.1) is 0 Å². The number of hydrogen-bond acceptors (Lipinski definition) is 4. The number of hydrogen-bond donors (Lipinski definition) is 0. The van der Waals surface area contributed by atoms with Crippen LogP contribution in [0.4, 0.5) is 0 Å². The van der Waals surface area contributed by atoms with Crippen LogP contribution in [0.15, 0.2) is 0 Å². The van der Waals surface area contributed by atoms with Crippen LogP contribution in [0, 0.1) is 5.92 Å². The van der Waals surface area contributed by atoms with Gasteiger partial charge in [0, 0.05) is 14.2 Å². The molecule has 0 saturated carbocycles. The molecular weight excluding hydrogens is 186 g/mol. The Balaban J connectivity index is 2.66. The van der Waals surface area contributed by atoms with E-state index < -0.39 is 11.9 Å². The highest BCUT2D eigenvalue weighted by molar-refractivity contribution is 5.99. The normalized spacial score (nSPS) is 26.8. The van der Waals surface area contributed by atoms with Crippen molar-refractivity contribution in [1.29, 1.82) is 0 Å². The van der Waals surface area contributed by atoms with Crippen molar-refractivity contribution < 1.29 is 19.1 Å². The second kappa shape index (κ2) is 4.41. The molecule has 0 radical (unpaired) electrons. The molecule has 0 spiro atoms. The first-order valence-corrected chi connectivity index (χ1v) is 4.45. The molecule has 1 amide bonds. The van der Waals surface area contributed by atoms with Crippen molar-refractivity contribution in [3.8, 4) is 0 Å². The first kappa shape index (κ1) is 11.0. The SMILES string of the molecule is COC[C@@H]1CC(C(=O)OC)C(=O)N1C. The summed E-state index contributed by atoms with van der Waals surface area (Å²) in [4.78, 5) is 24.3. The lowest BCUT2D eigenvalue weighted by Gasteiger charge is -2.17. The Morgan fingerprint density at radius 1 is 1.57 bits per heavy atom. The Bertz CT molecular complexity index is 241. The Labute approximate surface area is 83.0 Å². The summed E-state index contributed by atoms with van der Waals surface area (Å²) in [5.41, 5.74) is 0. The largest absolute Gasteiger partial charge is 0.468 e. The van der Waals surface area contributed by atoms with Gasteiger partial charge in [-0.1, -0.05) is 0 Å². The number of carbonyl (C=O) groups is 2. The summed E-state index contributed by atoms with van der Waals surface area (Å²) in [7, 11) is 4.54. The van der Waals surface area contributed by atoms with Gasteiger partial charge >= 0.3 is 5.97 Å². The zero-order chi connectivity index (χ0) is 10.7. The van der Waals surface area contributed by atoms with E-state index in [1.807, 2.05) is 0 Å². The van der Waals surface area contributed by atoms with Gasteiger partial charge in [-0.2, -0.15) is 0 Å². The van der Waals surface area contributed by atoms with E-state index >= 15 is 0 Å². The number of amides is 1. The molecule has 0 aliphatic carbocycles. The second-order valence-electron chi connectivity index (χ2n) is 3.37. The lowest BCUT2D eigenvalue weighted by Crippen LogP contribution is -2.33. The Kier molecular flexibility index (Phi) is 3.46. The minimum atomic E-state index is -0.648. The molecule has 0 aromatic rings. The lowest BCUT2D eigenvalue weighted by molar-refractivity contribution is -0.150. The maximum atomic E-state index is 11.6. The van der Waals surface area contributed by atoms with Gasteiger partial charge in [0.1, 0.15) is 5.92 Å². The van der Waals surface area contributed by atoms with Crippen molar-refractivity contribution in [2.75, 3.05) is 27.9 Å². The molecule has 1 unspecified atom stereocenters. The van der Waals surface area contributed by atoms with E-state index in [1.54, 1.807) is 19.1 Å². The van der Waals surface area contributed by atoms with Crippen molar-refractivity contribution in [2.45, 2.75) is 12.5 Å². The fourth-order valence-corrected chi connectivity index (χ4v) is 1.67. The third kappa shape index (κ3) is 1.87. The van der Waals surface area contributed by atoms with Gasteiger partial charge in [0.15, 0.2) is 0 Å². The number of rotatable bonds is 3. The average Bonchev–Trinajstić information content (AvgIpc) is 2.46. The van der Waals surface area contributed by atoms with Crippen molar-refractivity contribution in [1.82, 2.24) is 4.90 Å². The fourth-order valence-electron chi connectivity index (χ4n) is 1.67. The summed E-state index contributed by atoms with van der Waals surface area (Å²) in [6.45, 7) is 0.454. The van der Waals surface area contributed by atoms with Crippen molar-refractivity contribution >= 4 is 11.9 Å². The predicted octanol–water partition coefficient (Wildman–Crippen LogP) is -0.347. The number of carbonyl (C=O) groups excluding carboxylic acids is 2. The van der Waals surface area contributed by atoms with Gasteiger partial charge in [0.05, 0.1) is 19.8 Å². The number of ether oxygens (including phenoxy) is 2. The molecule has 1 fully saturated rings. The van der Waals surface area contributed by atoms with Gasteiger partial charge in [-0.3, -0.25) is 9.59 Å². The average molecular weight is 201 g/mol. The van der Waals surface area contributed by atoms with E-state index in [2.05, 4.69) is 4.74 Å². The van der Waals surface area contributed by atoms with E-state index in [0.29, 0.717) is 13.0 Å². The van der Waals surface area contributed by atoms with Crippen LogP contribution in [0.5, 0.6) is 0 Å². The van der Waals surface area contributed by atoms with Crippen molar-refractivity contribution in [3.63, 3.8) is 0 Å². The van der Waals surface area contributed by atoms with Crippen LogP contribution in [0.3, 0.4) is 0 Å². The third-order valence-electron chi connectivity index (χ3n) is 2.55. The maximum absolute atomic E-state index is 11.6. The predicted molar refractivity (Wildman–Crippen MR) is 48.6 cm³/mol. The van der Waals surface area contributed by atoms with Gasteiger partial charge < -0.3 is 14.4 Å². The van der Waals surface area contributed by atoms with Crippen LogP contribution < -0.4 is 0 Å². The van der Waals surface area contributed by atoms with Crippen LogP contribution in [0.1, 0.15) is 6.42 Å². The number of nitrogens with zero attached hydrogens (tertiary/aromatic N) is 1. The van der Waals surface area contributed by atoms with E-state index in [9.17, 15) is 9.59 Å². The van der Waals surface area contributed by atoms with Crippen molar-refractivity contribution in [3.05, 3.63) is 0 Å². The van der Waals surface area contributed by atoms with Crippen molar-refractivity contribution in [2.24, 2.45) is 5.92 Å². The first-order valence-electron chi connectivity index (χ1n) is 4.45. The molecular formula is C9H15NO4. The molecule has 5 nitrogen and oxygen atoms in total. The highest BCUT2D eigenvalue weighted by Gasteiger charge is 2.42. The minimum absolute atomic E-state index is 0.0170. The van der Waals surface area contributed by atoms with Crippen LogP contribution in [0.2, 0.25) is 0 Å². The van der Waals surface area contributed by atoms with E-state index in [1.165, 1.54) is 7.11 Å². The number of esters is 1. The number of methoxy groups -OCH3 is 2. The lowest BCUT2D eigenvalue weighted by atomic mass is 10.1.